The van der Waals surface area contributed by atoms with Crippen molar-refractivity contribution in [2.75, 3.05) is 20.8 Å². The van der Waals surface area contributed by atoms with Crippen molar-refractivity contribution < 1.29 is 14.3 Å². The Bertz CT molecular complexity index is 1340. The standard InChI is InChI=1S/C24H27N5O4/c1-4-8-21-26-23-17-13-19(32-2)20(33-3)14-18(17)28(24(31)29(23)27-21)15-22(30)25-12-11-16-9-6-5-7-10-16/h5-7,9-10,13-14H,4,8,11-12,15H2,1-3H3,(H,25,30). The number of carbonyl (C=O) groups is 1. The fourth-order valence-corrected chi connectivity index (χ4v) is 3.82. The number of benzene rings is 2. The second-order valence-electron chi connectivity index (χ2n) is 7.69. The van der Waals surface area contributed by atoms with Gasteiger partial charge in [0.25, 0.3) is 0 Å². The second kappa shape index (κ2) is 9.72. The van der Waals surface area contributed by atoms with Crippen LogP contribution in [0.2, 0.25) is 0 Å². The molecule has 0 radical (unpaired) electrons. The van der Waals surface area contributed by atoms with Crippen molar-refractivity contribution in [3.05, 3.63) is 64.3 Å². The smallest absolute Gasteiger partial charge is 0.351 e. The molecular weight excluding hydrogens is 422 g/mol. The molecule has 172 valence electrons. The number of nitrogens with zero attached hydrogens (tertiary/aromatic N) is 4. The van der Waals surface area contributed by atoms with Crippen molar-refractivity contribution in [1.82, 2.24) is 24.5 Å². The lowest BCUT2D eigenvalue weighted by Crippen LogP contribution is -2.36. The maximum atomic E-state index is 13.3. The molecule has 0 aliphatic heterocycles. The molecule has 0 spiro atoms. The fourth-order valence-electron chi connectivity index (χ4n) is 3.82. The van der Waals surface area contributed by atoms with Crippen molar-refractivity contribution in [2.24, 2.45) is 0 Å². The Morgan fingerprint density at radius 3 is 2.48 bits per heavy atom. The Hall–Kier alpha value is -3.88. The van der Waals surface area contributed by atoms with Crippen molar-refractivity contribution in [3.8, 4) is 11.5 Å². The van der Waals surface area contributed by atoms with E-state index in [-0.39, 0.29) is 12.5 Å². The van der Waals surface area contributed by atoms with Gasteiger partial charge in [-0.2, -0.15) is 4.52 Å². The average Bonchev–Trinajstić information content (AvgIpc) is 3.26. The molecule has 9 heteroatoms. The van der Waals surface area contributed by atoms with E-state index in [2.05, 4.69) is 15.4 Å². The van der Waals surface area contributed by atoms with Crippen LogP contribution in [0.4, 0.5) is 0 Å². The second-order valence-corrected chi connectivity index (χ2v) is 7.69. The Labute approximate surface area is 191 Å². The van der Waals surface area contributed by atoms with Gasteiger partial charge in [-0.25, -0.2) is 9.78 Å². The van der Waals surface area contributed by atoms with Gasteiger partial charge in [-0.3, -0.25) is 9.36 Å². The molecule has 2 aromatic carbocycles. The summed E-state index contributed by atoms with van der Waals surface area (Å²) in [5.74, 6) is 1.28. The Kier molecular flexibility index (Phi) is 6.58. The molecular formula is C24H27N5O4. The van der Waals surface area contributed by atoms with Crippen LogP contribution in [0, 0.1) is 0 Å². The average molecular weight is 450 g/mol. The number of methoxy groups -OCH3 is 2. The van der Waals surface area contributed by atoms with Gasteiger partial charge in [0.2, 0.25) is 5.91 Å². The summed E-state index contributed by atoms with van der Waals surface area (Å²) in [5, 5.41) is 7.94. The number of fused-ring (bicyclic) bond motifs is 3. The molecule has 2 heterocycles. The molecule has 0 saturated heterocycles. The Morgan fingerprint density at radius 1 is 1.06 bits per heavy atom. The molecule has 0 unspecified atom stereocenters. The third-order valence-corrected chi connectivity index (χ3v) is 5.45. The van der Waals surface area contributed by atoms with E-state index in [1.54, 1.807) is 19.2 Å². The fraction of sp³-hybridized carbons (Fsp3) is 0.333. The topological polar surface area (TPSA) is 99.7 Å². The minimum Gasteiger partial charge on any atom is -0.493 e. The molecule has 0 aliphatic carbocycles. The summed E-state index contributed by atoms with van der Waals surface area (Å²) >= 11 is 0. The first-order valence-corrected chi connectivity index (χ1v) is 10.9. The van der Waals surface area contributed by atoms with E-state index in [9.17, 15) is 9.59 Å². The monoisotopic (exact) mass is 449 g/mol. The number of hydrogen-bond donors (Lipinski definition) is 1. The molecule has 33 heavy (non-hydrogen) atoms. The predicted octanol–water partition coefficient (Wildman–Crippen LogP) is 2.37. The number of aryl methyl sites for hydroxylation is 1. The number of rotatable bonds is 9. The van der Waals surface area contributed by atoms with E-state index in [4.69, 9.17) is 9.47 Å². The summed E-state index contributed by atoms with van der Waals surface area (Å²) in [6.07, 6.45) is 2.20. The largest absolute Gasteiger partial charge is 0.493 e. The molecule has 4 aromatic rings. The number of hydrogen-bond acceptors (Lipinski definition) is 6. The van der Waals surface area contributed by atoms with Crippen LogP contribution in [0.15, 0.2) is 47.3 Å². The van der Waals surface area contributed by atoms with Crippen LogP contribution in [0.3, 0.4) is 0 Å². The van der Waals surface area contributed by atoms with Crippen LogP contribution in [0.1, 0.15) is 24.7 Å². The minimum absolute atomic E-state index is 0.154. The maximum absolute atomic E-state index is 13.3. The summed E-state index contributed by atoms with van der Waals surface area (Å²) < 4.78 is 13.5. The summed E-state index contributed by atoms with van der Waals surface area (Å²) in [7, 11) is 3.07. The first kappa shape index (κ1) is 22.3. The van der Waals surface area contributed by atoms with Crippen LogP contribution >= 0.6 is 0 Å². The Balaban J connectivity index is 1.72. The van der Waals surface area contributed by atoms with Gasteiger partial charge in [0.05, 0.1) is 19.7 Å². The SMILES string of the molecule is CCCc1nc2c3cc(OC)c(OC)cc3n(CC(=O)NCCc3ccccc3)c(=O)n2n1. The number of ether oxygens (including phenoxy) is 2. The van der Waals surface area contributed by atoms with Gasteiger partial charge in [0, 0.05) is 24.4 Å². The highest BCUT2D eigenvalue weighted by Gasteiger charge is 2.19. The lowest BCUT2D eigenvalue weighted by Gasteiger charge is -2.14. The highest BCUT2D eigenvalue weighted by molar-refractivity contribution is 5.94. The van der Waals surface area contributed by atoms with E-state index in [1.807, 2.05) is 37.3 Å². The highest BCUT2D eigenvalue weighted by Crippen LogP contribution is 2.33. The Morgan fingerprint density at radius 2 is 1.79 bits per heavy atom. The lowest BCUT2D eigenvalue weighted by atomic mass is 10.1. The number of carbonyl (C=O) groups excluding carboxylic acids is 1. The van der Waals surface area contributed by atoms with Crippen molar-refractivity contribution in [3.63, 3.8) is 0 Å². The van der Waals surface area contributed by atoms with E-state index in [1.165, 1.54) is 16.2 Å². The molecule has 9 nitrogen and oxygen atoms in total. The summed E-state index contributed by atoms with van der Waals surface area (Å²) in [5.41, 5.74) is 1.65. The molecule has 1 N–H and O–H groups in total. The quantitative estimate of drug-likeness (QED) is 0.421. The van der Waals surface area contributed by atoms with Gasteiger partial charge in [-0.15, -0.1) is 5.10 Å². The highest BCUT2D eigenvalue weighted by atomic mass is 16.5. The van der Waals surface area contributed by atoms with Crippen LogP contribution in [0.5, 0.6) is 11.5 Å². The third-order valence-electron chi connectivity index (χ3n) is 5.45. The van der Waals surface area contributed by atoms with Crippen molar-refractivity contribution in [2.45, 2.75) is 32.7 Å². The van der Waals surface area contributed by atoms with E-state index in [0.717, 1.165) is 12.0 Å². The molecule has 0 saturated carbocycles. The summed E-state index contributed by atoms with van der Waals surface area (Å²) in [6, 6.07) is 13.4. The molecule has 2 aromatic heterocycles. The van der Waals surface area contributed by atoms with Crippen LogP contribution < -0.4 is 20.5 Å². The lowest BCUT2D eigenvalue weighted by molar-refractivity contribution is -0.121. The predicted molar refractivity (Wildman–Crippen MR) is 125 cm³/mol. The molecule has 0 atom stereocenters. The van der Waals surface area contributed by atoms with Gasteiger partial charge in [-0.05, 0) is 24.5 Å². The summed E-state index contributed by atoms with van der Waals surface area (Å²) in [6.45, 7) is 2.34. The van der Waals surface area contributed by atoms with Crippen LogP contribution in [0.25, 0.3) is 16.6 Å². The molecule has 0 aliphatic rings. The maximum Gasteiger partial charge on any atom is 0.351 e. The van der Waals surface area contributed by atoms with Crippen LogP contribution in [-0.2, 0) is 24.2 Å². The zero-order valence-corrected chi connectivity index (χ0v) is 19.0. The van der Waals surface area contributed by atoms with Gasteiger partial charge in [0.1, 0.15) is 6.54 Å². The molecule has 0 bridgehead atoms. The van der Waals surface area contributed by atoms with Crippen molar-refractivity contribution >= 4 is 22.5 Å². The first-order valence-electron chi connectivity index (χ1n) is 10.9. The number of aromatic nitrogens is 4. The number of nitrogens with one attached hydrogen (secondary N) is 1. The van der Waals surface area contributed by atoms with Gasteiger partial charge >= 0.3 is 5.69 Å². The van der Waals surface area contributed by atoms with Gasteiger partial charge < -0.3 is 14.8 Å². The zero-order valence-electron chi connectivity index (χ0n) is 19.0. The van der Waals surface area contributed by atoms with Gasteiger partial charge in [-0.1, -0.05) is 37.3 Å². The summed E-state index contributed by atoms with van der Waals surface area (Å²) in [4.78, 5) is 30.6. The van der Waals surface area contributed by atoms with Gasteiger partial charge in [0.15, 0.2) is 23.0 Å². The molecule has 0 fully saturated rings. The van der Waals surface area contributed by atoms with Crippen LogP contribution in [-0.4, -0.2) is 45.8 Å². The normalized spacial score (nSPS) is 11.1. The number of amides is 1. The minimum atomic E-state index is -0.433. The van der Waals surface area contributed by atoms with Crippen molar-refractivity contribution in [1.29, 1.82) is 0 Å². The van der Waals surface area contributed by atoms with E-state index < -0.39 is 5.69 Å². The molecule has 4 rings (SSSR count). The first-order chi connectivity index (χ1) is 16.0. The zero-order chi connectivity index (χ0) is 23.4. The molecule has 1 amide bonds. The third kappa shape index (κ3) is 4.52. The van der Waals surface area contributed by atoms with E-state index >= 15 is 0 Å². The van der Waals surface area contributed by atoms with E-state index in [0.29, 0.717) is 53.3 Å².